The van der Waals surface area contributed by atoms with Crippen LogP contribution < -0.4 is 10.9 Å². The van der Waals surface area contributed by atoms with Gasteiger partial charge in [-0.05, 0) is 66.7 Å². The molecule has 0 fully saturated rings. The van der Waals surface area contributed by atoms with Crippen molar-refractivity contribution in [1.82, 2.24) is 9.05 Å². The van der Waals surface area contributed by atoms with E-state index in [9.17, 15) is 21.0 Å². The Bertz CT molecular complexity index is 2500. The van der Waals surface area contributed by atoms with Gasteiger partial charge in [-0.15, -0.1) is 0 Å². The predicted molar refractivity (Wildman–Crippen MR) is 169 cm³/mol. The van der Waals surface area contributed by atoms with E-state index in [0.29, 0.717) is 44.1 Å². The molecule has 6 nitrogen and oxygen atoms in total. The smallest absolute Gasteiger partial charge is 0.332 e. The number of hydrogen-bond donors (Lipinski definition) is 0. The third kappa shape index (κ3) is 3.09. The van der Waals surface area contributed by atoms with E-state index in [1.807, 2.05) is 12.1 Å². The average molecular weight is 546 g/mol. The van der Waals surface area contributed by atoms with Gasteiger partial charge in [-0.2, -0.15) is 21.0 Å². The average Bonchev–Trinajstić information content (AvgIpc) is 3.54. The second-order valence-electron chi connectivity index (χ2n) is 11.2. The lowest BCUT2D eigenvalue weighted by atomic mass is 9.47. The van der Waals surface area contributed by atoms with Crippen LogP contribution >= 0.6 is 0 Å². The van der Waals surface area contributed by atoms with Gasteiger partial charge < -0.3 is 9.05 Å². The Labute approximate surface area is 247 Å². The van der Waals surface area contributed by atoms with Crippen LogP contribution in [0.4, 0.5) is 0 Å². The Morgan fingerprint density at radius 3 is 1.86 bits per heavy atom. The first-order valence-corrected chi connectivity index (χ1v) is 13.9. The molecular weight excluding hydrogens is 527 g/mol. The van der Waals surface area contributed by atoms with Crippen LogP contribution in [0.25, 0.3) is 49.3 Å². The number of aryl methyl sites for hydroxylation is 2. The van der Waals surface area contributed by atoms with E-state index in [4.69, 9.17) is 0 Å². The fraction of sp³-hybridized carbons (Fsp3) is 0.0556. The molecule has 0 saturated heterocycles. The minimum absolute atomic E-state index is 0.344. The molecule has 0 amide bonds. The summed E-state index contributed by atoms with van der Waals surface area (Å²) in [6.45, 7) is 3.82. The molecule has 0 atom stereocenters. The van der Waals surface area contributed by atoms with Crippen molar-refractivity contribution in [3.63, 3.8) is 0 Å². The molecule has 7 aromatic rings. The summed E-state index contributed by atoms with van der Waals surface area (Å²) in [4.78, 5) is 0. The van der Waals surface area contributed by atoms with Crippen molar-refractivity contribution >= 4 is 61.4 Å². The first-order chi connectivity index (χ1) is 21.0. The van der Waals surface area contributed by atoms with Crippen LogP contribution in [-0.2, 0) is 0 Å². The highest BCUT2D eigenvalue weighted by molar-refractivity contribution is 6.88. The summed E-state index contributed by atoms with van der Waals surface area (Å²) in [5, 5.41) is 44.1. The van der Waals surface area contributed by atoms with Crippen LogP contribution in [0.5, 0.6) is 0 Å². The molecule has 0 aliphatic carbocycles. The van der Waals surface area contributed by atoms with Crippen LogP contribution in [0.15, 0.2) is 78.9 Å². The number of benzene rings is 5. The standard InChI is InChI=1S/C36H19BN6/c1-20-7-9-26-27-10-8-21(2)33-36(27)42(32(26)11-20)31-6-4-3-5-30(31)37(33)43-34-24(18-40)12-22(16-38)14-28(34)29-15-23(17-39)13-25(19-41)35(29)43/h3-15H,1-2H3. The minimum atomic E-state index is -0.391. The van der Waals surface area contributed by atoms with Crippen LogP contribution in [0, 0.1) is 59.2 Å². The lowest BCUT2D eigenvalue weighted by molar-refractivity contribution is 1.17. The van der Waals surface area contributed by atoms with Crippen LogP contribution in [0.2, 0.25) is 0 Å². The van der Waals surface area contributed by atoms with Crippen LogP contribution in [0.3, 0.4) is 0 Å². The third-order valence-corrected chi connectivity index (χ3v) is 8.84. The van der Waals surface area contributed by atoms with E-state index >= 15 is 0 Å². The van der Waals surface area contributed by atoms with Gasteiger partial charge in [0.15, 0.2) is 0 Å². The molecule has 0 N–H and O–H groups in total. The first kappa shape index (κ1) is 24.5. The van der Waals surface area contributed by atoms with Gasteiger partial charge in [-0.25, -0.2) is 0 Å². The molecule has 0 unspecified atom stereocenters. The highest BCUT2D eigenvalue weighted by Crippen LogP contribution is 2.39. The van der Waals surface area contributed by atoms with E-state index in [1.165, 1.54) is 5.56 Å². The van der Waals surface area contributed by atoms with Crippen molar-refractivity contribution in [3.8, 4) is 30.0 Å². The topological polar surface area (TPSA) is 105 Å². The van der Waals surface area contributed by atoms with Gasteiger partial charge >= 0.3 is 6.85 Å². The molecule has 1 aliphatic heterocycles. The predicted octanol–water partition coefficient (Wildman–Crippen LogP) is 5.96. The summed E-state index contributed by atoms with van der Waals surface area (Å²) in [5.41, 5.74) is 10.3. The van der Waals surface area contributed by atoms with Gasteiger partial charge in [0.2, 0.25) is 0 Å². The zero-order chi connectivity index (χ0) is 29.6. The monoisotopic (exact) mass is 546 g/mol. The van der Waals surface area contributed by atoms with Crippen LogP contribution in [-0.4, -0.2) is 15.9 Å². The van der Waals surface area contributed by atoms with E-state index < -0.39 is 6.85 Å². The summed E-state index contributed by atoms with van der Waals surface area (Å²) < 4.78 is 4.45. The number of hydrogen-bond acceptors (Lipinski definition) is 4. The molecule has 1 aliphatic rings. The molecule has 0 bridgehead atoms. The van der Waals surface area contributed by atoms with Gasteiger partial charge in [0.1, 0.15) is 12.1 Å². The van der Waals surface area contributed by atoms with E-state index in [2.05, 4.69) is 89.6 Å². The zero-order valence-corrected chi connectivity index (χ0v) is 23.3. The zero-order valence-electron chi connectivity index (χ0n) is 23.3. The van der Waals surface area contributed by atoms with Gasteiger partial charge in [0.05, 0.1) is 56.5 Å². The Kier molecular flexibility index (Phi) is 4.91. The maximum Gasteiger partial charge on any atom is 0.332 e. The lowest BCUT2D eigenvalue weighted by Gasteiger charge is -2.30. The SMILES string of the molecule is Cc1ccc2c3ccc(C)c4c3n(c2c1)-c1ccccc1B4n1c2c(C#N)cc(C#N)cc2c2cc(C#N)cc(C#N)c21. The van der Waals surface area contributed by atoms with Gasteiger partial charge in [-0.3, -0.25) is 0 Å². The summed E-state index contributed by atoms with van der Waals surface area (Å²) >= 11 is 0. The number of nitrogens with zero attached hydrogens (tertiary/aromatic N) is 6. The Morgan fingerprint density at radius 1 is 0.605 bits per heavy atom. The number of para-hydroxylation sites is 1. The molecule has 3 heterocycles. The van der Waals surface area contributed by atoms with Crippen molar-refractivity contribution in [2.45, 2.75) is 13.8 Å². The summed E-state index contributed by atoms with van der Waals surface area (Å²) in [7, 11) is 0. The quantitative estimate of drug-likeness (QED) is 0.237. The molecule has 5 aromatic carbocycles. The van der Waals surface area contributed by atoms with Crippen molar-refractivity contribution < 1.29 is 0 Å². The maximum atomic E-state index is 10.4. The largest absolute Gasteiger partial charge is 0.374 e. The fourth-order valence-corrected chi connectivity index (χ4v) is 7.15. The molecule has 7 heteroatoms. The van der Waals surface area contributed by atoms with Crippen molar-refractivity contribution in [2.75, 3.05) is 0 Å². The molecule has 2 aromatic heterocycles. The fourth-order valence-electron chi connectivity index (χ4n) is 7.15. The summed E-state index contributed by atoms with van der Waals surface area (Å²) in [6.07, 6.45) is 0. The number of nitriles is 4. The van der Waals surface area contributed by atoms with Crippen LogP contribution in [0.1, 0.15) is 33.4 Å². The van der Waals surface area contributed by atoms with E-state index in [0.717, 1.165) is 44.0 Å². The van der Waals surface area contributed by atoms with Gasteiger partial charge in [0, 0.05) is 27.2 Å². The molecular formula is C36H19BN6. The highest BCUT2D eigenvalue weighted by atomic mass is 15.0. The van der Waals surface area contributed by atoms with Crippen molar-refractivity contribution in [3.05, 3.63) is 112 Å². The highest BCUT2D eigenvalue weighted by Gasteiger charge is 2.38. The van der Waals surface area contributed by atoms with E-state index in [-0.39, 0.29) is 0 Å². The van der Waals surface area contributed by atoms with Gasteiger partial charge in [-0.1, -0.05) is 48.0 Å². The Balaban J connectivity index is 1.66. The first-order valence-electron chi connectivity index (χ1n) is 13.9. The minimum Gasteiger partial charge on any atom is -0.374 e. The number of fused-ring (bicyclic) bond motifs is 8. The normalized spacial score (nSPS) is 11.8. The Morgan fingerprint density at radius 2 is 1.23 bits per heavy atom. The third-order valence-electron chi connectivity index (χ3n) is 8.84. The summed E-state index contributed by atoms with van der Waals surface area (Å²) in [5.74, 6) is 0. The molecule has 8 rings (SSSR count). The second kappa shape index (κ2) is 8.61. The molecule has 196 valence electrons. The molecule has 0 spiro atoms. The van der Waals surface area contributed by atoms with Crippen molar-refractivity contribution in [1.29, 1.82) is 21.0 Å². The lowest BCUT2D eigenvalue weighted by Crippen LogP contribution is -2.54. The summed E-state index contributed by atoms with van der Waals surface area (Å²) in [6, 6.07) is 35.0. The Hall–Kier alpha value is -6.28. The van der Waals surface area contributed by atoms with Gasteiger partial charge in [0.25, 0.3) is 0 Å². The molecule has 0 saturated carbocycles. The second-order valence-corrected chi connectivity index (χ2v) is 11.2. The maximum absolute atomic E-state index is 10.4. The number of aromatic nitrogens is 2. The van der Waals surface area contributed by atoms with Crippen molar-refractivity contribution in [2.24, 2.45) is 0 Å². The molecule has 0 radical (unpaired) electrons. The molecule has 43 heavy (non-hydrogen) atoms. The van der Waals surface area contributed by atoms with E-state index in [1.54, 1.807) is 24.3 Å². The number of rotatable bonds is 1.